The topological polar surface area (TPSA) is 37.0 Å². The van der Waals surface area contributed by atoms with Gasteiger partial charge < -0.3 is 5.43 Å². The number of nitrogens with one attached hydrogen (secondary N) is 2. The Morgan fingerprint density at radius 1 is 1.12 bits per heavy atom. The summed E-state index contributed by atoms with van der Waals surface area (Å²) in [4.78, 5) is 4.04. The number of rotatable bonds is 5. The molecule has 1 heterocycles. The first-order valence-corrected chi connectivity index (χ1v) is 5.80. The molecule has 0 radical (unpaired) electrons. The van der Waals surface area contributed by atoms with Crippen molar-refractivity contribution in [2.45, 2.75) is 19.4 Å². The maximum Gasteiger partial charge on any atom is 0.0671 e. The highest BCUT2D eigenvalue weighted by Crippen LogP contribution is 2.04. The molecule has 1 aromatic carbocycles. The monoisotopic (exact) mass is 227 g/mol. The largest absolute Gasteiger partial charge is 0.320 e. The van der Waals surface area contributed by atoms with Crippen LogP contribution in [0.1, 0.15) is 12.5 Å². The van der Waals surface area contributed by atoms with Crippen LogP contribution in [0.5, 0.6) is 0 Å². The van der Waals surface area contributed by atoms with E-state index in [1.807, 2.05) is 18.2 Å². The molecule has 2 aromatic rings. The molecule has 0 spiro atoms. The lowest BCUT2D eigenvalue weighted by atomic mass is 10.1. The van der Waals surface area contributed by atoms with Crippen LogP contribution < -0.4 is 10.9 Å². The van der Waals surface area contributed by atoms with Crippen LogP contribution in [-0.4, -0.2) is 11.0 Å². The summed E-state index contributed by atoms with van der Waals surface area (Å²) in [6, 6.07) is 14.7. The van der Waals surface area contributed by atoms with E-state index in [4.69, 9.17) is 0 Å². The fourth-order valence-corrected chi connectivity index (χ4v) is 1.66. The number of benzene rings is 1. The molecule has 3 nitrogen and oxygen atoms in total. The molecular weight excluding hydrogens is 210 g/mol. The fourth-order valence-electron chi connectivity index (χ4n) is 1.66. The first kappa shape index (κ1) is 11.6. The van der Waals surface area contributed by atoms with E-state index in [-0.39, 0.29) is 0 Å². The van der Waals surface area contributed by atoms with Crippen molar-refractivity contribution in [1.29, 1.82) is 0 Å². The third-order valence-corrected chi connectivity index (χ3v) is 2.51. The molecule has 0 saturated heterocycles. The molecule has 0 amide bonds. The molecule has 3 heteroatoms. The lowest BCUT2D eigenvalue weighted by Crippen LogP contribution is -2.33. The Morgan fingerprint density at radius 3 is 2.65 bits per heavy atom. The Kier molecular flexibility index (Phi) is 4.11. The molecule has 88 valence electrons. The van der Waals surface area contributed by atoms with Crippen molar-refractivity contribution < 1.29 is 0 Å². The zero-order chi connectivity index (χ0) is 11.9. The van der Waals surface area contributed by atoms with Crippen LogP contribution in [0.4, 0.5) is 5.69 Å². The molecule has 0 bridgehead atoms. The Balaban J connectivity index is 1.80. The lowest BCUT2D eigenvalue weighted by Gasteiger charge is -2.15. The summed E-state index contributed by atoms with van der Waals surface area (Å²) in [6.07, 6.45) is 4.55. The van der Waals surface area contributed by atoms with Crippen molar-refractivity contribution in [1.82, 2.24) is 10.4 Å². The summed E-state index contributed by atoms with van der Waals surface area (Å²) in [6.45, 7) is 2.15. The van der Waals surface area contributed by atoms with E-state index in [1.165, 1.54) is 5.56 Å². The number of hydrogen-bond donors (Lipinski definition) is 2. The second-order valence-corrected chi connectivity index (χ2v) is 4.10. The highest BCUT2D eigenvalue weighted by atomic mass is 15.4. The summed E-state index contributed by atoms with van der Waals surface area (Å²) >= 11 is 0. The standard InChI is InChI=1S/C14H17N3/c1-12(10-13-6-3-2-4-7-13)16-17-14-8-5-9-15-11-14/h2-9,11-12,16-17H,10H2,1H3. The molecule has 1 unspecified atom stereocenters. The van der Waals surface area contributed by atoms with Gasteiger partial charge in [-0.25, -0.2) is 5.43 Å². The zero-order valence-electron chi connectivity index (χ0n) is 9.93. The summed E-state index contributed by atoms with van der Waals surface area (Å²) in [5.41, 5.74) is 8.72. The van der Waals surface area contributed by atoms with E-state index in [9.17, 15) is 0 Å². The Morgan fingerprint density at radius 2 is 1.94 bits per heavy atom. The van der Waals surface area contributed by atoms with Crippen LogP contribution in [0.2, 0.25) is 0 Å². The number of nitrogens with zero attached hydrogens (tertiary/aromatic N) is 1. The minimum atomic E-state index is 0.359. The van der Waals surface area contributed by atoms with Gasteiger partial charge in [0.05, 0.1) is 11.9 Å². The first-order valence-electron chi connectivity index (χ1n) is 5.80. The molecule has 2 rings (SSSR count). The fraction of sp³-hybridized carbons (Fsp3) is 0.214. The van der Waals surface area contributed by atoms with Gasteiger partial charge in [0.1, 0.15) is 0 Å². The van der Waals surface area contributed by atoms with Gasteiger partial charge in [-0.1, -0.05) is 30.3 Å². The van der Waals surface area contributed by atoms with Gasteiger partial charge in [0, 0.05) is 12.2 Å². The normalized spacial score (nSPS) is 12.1. The number of hydrazine groups is 1. The van der Waals surface area contributed by atoms with Gasteiger partial charge in [0.25, 0.3) is 0 Å². The molecule has 0 fully saturated rings. The zero-order valence-corrected chi connectivity index (χ0v) is 9.93. The van der Waals surface area contributed by atoms with E-state index in [0.717, 1.165) is 12.1 Å². The van der Waals surface area contributed by atoms with Crippen molar-refractivity contribution in [3.63, 3.8) is 0 Å². The van der Waals surface area contributed by atoms with E-state index in [0.29, 0.717) is 6.04 Å². The van der Waals surface area contributed by atoms with Gasteiger partial charge in [-0.05, 0) is 31.0 Å². The second-order valence-electron chi connectivity index (χ2n) is 4.10. The molecule has 0 aliphatic rings. The number of aromatic nitrogens is 1. The van der Waals surface area contributed by atoms with E-state index < -0.39 is 0 Å². The van der Waals surface area contributed by atoms with Gasteiger partial charge in [-0.3, -0.25) is 4.98 Å². The van der Waals surface area contributed by atoms with Gasteiger partial charge in [-0.15, -0.1) is 0 Å². The van der Waals surface area contributed by atoms with Crippen molar-refractivity contribution in [3.05, 3.63) is 60.4 Å². The van der Waals surface area contributed by atoms with Gasteiger partial charge >= 0.3 is 0 Å². The van der Waals surface area contributed by atoms with E-state index >= 15 is 0 Å². The van der Waals surface area contributed by atoms with Crippen molar-refractivity contribution in [2.24, 2.45) is 0 Å². The first-order chi connectivity index (χ1) is 8.34. The van der Waals surface area contributed by atoms with Crippen LogP contribution in [0.15, 0.2) is 54.9 Å². The second kappa shape index (κ2) is 6.01. The minimum Gasteiger partial charge on any atom is -0.320 e. The predicted octanol–water partition coefficient (Wildman–Crippen LogP) is 2.63. The van der Waals surface area contributed by atoms with Crippen LogP contribution in [0.25, 0.3) is 0 Å². The maximum atomic E-state index is 4.04. The van der Waals surface area contributed by atoms with Crippen LogP contribution in [-0.2, 0) is 6.42 Å². The number of hydrogen-bond acceptors (Lipinski definition) is 3. The SMILES string of the molecule is CC(Cc1ccccc1)NNc1cccnc1. The van der Waals surface area contributed by atoms with Gasteiger partial charge in [0.15, 0.2) is 0 Å². The summed E-state index contributed by atoms with van der Waals surface area (Å²) in [5.74, 6) is 0. The Bertz CT molecular complexity index is 428. The molecule has 17 heavy (non-hydrogen) atoms. The minimum absolute atomic E-state index is 0.359. The van der Waals surface area contributed by atoms with Crippen molar-refractivity contribution >= 4 is 5.69 Å². The molecule has 0 aliphatic carbocycles. The molecular formula is C14H17N3. The van der Waals surface area contributed by atoms with Crippen molar-refractivity contribution in [2.75, 3.05) is 5.43 Å². The summed E-state index contributed by atoms with van der Waals surface area (Å²) in [7, 11) is 0. The molecule has 1 aromatic heterocycles. The molecule has 2 N–H and O–H groups in total. The molecule has 1 atom stereocenters. The van der Waals surface area contributed by atoms with Crippen LogP contribution in [0, 0.1) is 0 Å². The predicted molar refractivity (Wildman–Crippen MR) is 70.6 cm³/mol. The number of pyridine rings is 1. The average Bonchev–Trinajstić information content (AvgIpc) is 2.39. The van der Waals surface area contributed by atoms with E-state index in [1.54, 1.807) is 12.4 Å². The van der Waals surface area contributed by atoms with Crippen LogP contribution >= 0.6 is 0 Å². The lowest BCUT2D eigenvalue weighted by molar-refractivity contribution is 0.602. The Labute approximate surface area is 102 Å². The third kappa shape index (κ3) is 3.89. The molecule has 0 saturated carbocycles. The number of anilines is 1. The smallest absolute Gasteiger partial charge is 0.0671 e. The maximum absolute atomic E-state index is 4.04. The third-order valence-electron chi connectivity index (χ3n) is 2.51. The average molecular weight is 227 g/mol. The molecule has 0 aliphatic heterocycles. The Hall–Kier alpha value is -1.87. The van der Waals surface area contributed by atoms with Crippen LogP contribution in [0.3, 0.4) is 0 Å². The van der Waals surface area contributed by atoms with E-state index in [2.05, 4.69) is 47.0 Å². The van der Waals surface area contributed by atoms with Gasteiger partial charge in [-0.2, -0.15) is 0 Å². The van der Waals surface area contributed by atoms with Crippen molar-refractivity contribution in [3.8, 4) is 0 Å². The highest BCUT2D eigenvalue weighted by molar-refractivity contribution is 5.38. The van der Waals surface area contributed by atoms with Gasteiger partial charge in [0.2, 0.25) is 0 Å². The highest BCUT2D eigenvalue weighted by Gasteiger charge is 2.02. The summed E-state index contributed by atoms with van der Waals surface area (Å²) < 4.78 is 0. The summed E-state index contributed by atoms with van der Waals surface area (Å²) in [5, 5.41) is 0. The quantitative estimate of drug-likeness (QED) is 0.771.